The zero-order chi connectivity index (χ0) is 20.4. The molecule has 1 saturated heterocycles. The van der Waals surface area contributed by atoms with Gasteiger partial charge in [-0.05, 0) is 43.2 Å². The molecular formula is C21H19F3N4O. The molecule has 2 aromatic heterocycles. The van der Waals surface area contributed by atoms with Crippen LogP contribution in [0.25, 0.3) is 10.9 Å². The first-order valence-corrected chi connectivity index (χ1v) is 9.33. The van der Waals surface area contributed by atoms with Crippen LogP contribution in [0.3, 0.4) is 0 Å². The standard InChI is InChI=1S/C21H19F3N4O/c22-21(23,24)15-1-2-17-18(13-15)26-10-5-19(17)28-11-6-16(7-12-28)27-20(29)14-3-8-25-9-4-14/h1-5,8-10,13,16H,6-7,11-12H2,(H,27,29). The van der Waals surface area contributed by atoms with E-state index in [2.05, 4.69) is 20.2 Å². The van der Waals surface area contributed by atoms with Crippen LogP contribution in [0.15, 0.2) is 55.0 Å². The Morgan fingerprint density at radius 1 is 1.03 bits per heavy atom. The highest BCUT2D eigenvalue weighted by molar-refractivity contribution is 5.94. The van der Waals surface area contributed by atoms with Crippen LogP contribution in [-0.2, 0) is 6.18 Å². The largest absolute Gasteiger partial charge is 0.416 e. The van der Waals surface area contributed by atoms with Crippen LogP contribution in [0.1, 0.15) is 28.8 Å². The van der Waals surface area contributed by atoms with E-state index in [0.29, 0.717) is 29.6 Å². The van der Waals surface area contributed by atoms with Crippen molar-refractivity contribution < 1.29 is 18.0 Å². The van der Waals surface area contributed by atoms with Crippen LogP contribution in [0.5, 0.6) is 0 Å². The topological polar surface area (TPSA) is 58.1 Å². The molecule has 4 rings (SSSR count). The molecule has 0 atom stereocenters. The molecule has 1 aromatic carbocycles. The highest BCUT2D eigenvalue weighted by atomic mass is 19.4. The van der Waals surface area contributed by atoms with Gasteiger partial charge in [-0.2, -0.15) is 13.2 Å². The van der Waals surface area contributed by atoms with Crippen LogP contribution in [0, 0.1) is 0 Å². The highest BCUT2D eigenvalue weighted by Crippen LogP contribution is 2.34. The van der Waals surface area contributed by atoms with Crippen molar-refractivity contribution in [3.63, 3.8) is 0 Å². The van der Waals surface area contributed by atoms with Crippen LogP contribution < -0.4 is 10.2 Å². The molecule has 1 fully saturated rings. The maximum atomic E-state index is 13.0. The van der Waals surface area contributed by atoms with E-state index in [4.69, 9.17) is 0 Å². The quantitative estimate of drug-likeness (QED) is 0.721. The summed E-state index contributed by atoms with van der Waals surface area (Å²) in [7, 11) is 0. The lowest BCUT2D eigenvalue weighted by Crippen LogP contribution is -2.44. The molecule has 1 aliphatic rings. The highest BCUT2D eigenvalue weighted by Gasteiger charge is 2.31. The van der Waals surface area contributed by atoms with Gasteiger partial charge in [-0.15, -0.1) is 0 Å². The van der Waals surface area contributed by atoms with E-state index >= 15 is 0 Å². The zero-order valence-corrected chi connectivity index (χ0v) is 15.5. The summed E-state index contributed by atoms with van der Waals surface area (Å²) in [6.45, 7) is 1.39. The number of halogens is 3. The van der Waals surface area contributed by atoms with Gasteiger partial charge in [-0.3, -0.25) is 14.8 Å². The number of hydrogen-bond acceptors (Lipinski definition) is 4. The van der Waals surface area contributed by atoms with E-state index in [-0.39, 0.29) is 11.9 Å². The third-order valence-electron chi connectivity index (χ3n) is 5.16. The first kappa shape index (κ1) is 19.2. The summed E-state index contributed by atoms with van der Waals surface area (Å²) in [5.74, 6) is -0.125. The molecular weight excluding hydrogens is 381 g/mol. The zero-order valence-electron chi connectivity index (χ0n) is 15.5. The molecule has 1 amide bonds. The van der Waals surface area contributed by atoms with Crippen molar-refractivity contribution in [3.8, 4) is 0 Å². The Morgan fingerprint density at radius 2 is 1.76 bits per heavy atom. The molecule has 29 heavy (non-hydrogen) atoms. The molecule has 1 aliphatic heterocycles. The SMILES string of the molecule is O=C(NC1CCN(c2ccnc3cc(C(F)(F)F)ccc23)CC1)c1ccncc1. The van der Waals surface area contributed by atoms with Crippen LogP contribution in [0.2, 0.25) is 0 Å². The van der Waals surface area contributed by atoms with Crippen molar-refractivity contribution in [1.82, 2.24) is 15.3 Å². The second kappa shape index (κ2) is 7.69. The van der Waals surface area contributed by atoms with Crippen molar-refractivity contribution >= 4 is 22.5 Å². The number of nitrogens with one attached hydrogen (secondary N) is 1. The van der Waals surface area contributed by atoms with E-state index in [1.54, 1.807) is 24.5 Å². The van der Waals surface area contributed by atoms with E-state index in [9.17, 15) is 18.0 Å². The molecule has 0 saturated carbocycles. The monoisotopic (exact) mass is 400 g/mol. The number of benzene rings is 1. The van der Waals surface area contributed by atoms with E-state index in [0.717, 1.165) is 30.7 Å². The minimum absolute atomic E-state index is 0.0526. The van der Waals surface area contributed by atoms with E-state index in [1.807, 2.05) is 6.07 Å². The molecule has 3 aromatic rings. The Bertz CT molecular complexity index is 1020. The van der Waals surface area contributed by atoms with Gasteiger partial charge < -0.3 is 10.2 Å². The second-order valence-electron chi connectivity index (χ2n) is 7.03. The van der Waals surface area contributed by atoms with Gasteiger partial charge >= 0.3 is 6.18 Å². The van der Waals surface area contributed by atoms with Gasteiger partial charge in [0.15, 0.2) is 0 Å². The fourth-order valence-electron chi connectivity index (χ4n) is 3.62. The molecule has 8 heteroatoms. The van der Waals surface area contributed by atoms with E-state index in [1.165, 1.54) is 12.3 Å². The van der Waals surface area contributed by atoms with Crippen LogP contribution in [0.4, 0.5) is 18.9 Å². The Labute approximate surface area is 165 Å². The average Bonchev–Trinajstić information content (AvgIpc) is 2.73. The van der Waals surface area contributed by atoms with Gasteiger partial charge in [0.1, 0.15) is 0 Å². The summed E-state index contributed by atoms with van der Waals surface area (Å²) >= 11 is 0. The molecule has 0 unspecified atom stereocenters. The minimum Gasteiger partial charge on any atom is -0.371 e. The first-order valence-electron chi connectivity index (χ1n) is 9.33. The summed E-state index contributed by atoms with van der Waals surface area (Å²) in [5.41, 5.74) is 1.06. The summed E-state index contributed by atoms with van der Waals surface area (Å²) in [6, 6.07) is 8.88. The fourth-order valence-corrected chi connectivity index (χ4v) is 3.62. The lowest BCUT2D eigenvalue weighted by molar-refractivity contribution is -0.137. The van der Waals surface area contributed by atoms with Crippen LogP contribution in [-0.4, -0.2) is 35.0 Å². The molecule has 1 N–H and O–H groups in total. The molecule has 0 aliphatic carbocycles. The number of amides is 1. The maximum absolute atomic E-state index is 13.0. The number of pyridine rings is 2. The Kier molecular flexibility index (Phi) is 5.08. The third-order valence-corrected chi connectivity index (χ3v) is 5.16. The number of alkyl halides is 3. The van der Waals surface area contributed by atoms with Gasteiger partial charge in [0.05, 0.1) is 11.1 Å². The number of rotatable bonds is 3. The lowest BCUT2D eigenvalue weighted by atomic mass is 10.0. The first-order chi connectivity index (χ1) is 13.9. The Morgan fingerprint density at radius 3 is 2.45 bits per heavy atom. The number of aromatic nitrogens is 2. The number of fused-ring (bicyclic) bond motifs is 1. The van der Waals surface area contributed by atoms with Gasteiger partial charge in [-0.25, -0.2) is 0 Å². The minimum atomic E-state index is -4.39. The van der Waals surface area contributed by atoms with Crippen molar-refractivity contribution in [2.75, 3.05) is 18.0 Å². The van der Waals surface area contributed by atoms with E-state index < -0.39 is 11.7 Å². The molecule has 5 nitrogen and oxygen atoms in total. The summed E-state index contributed by atoms with van der Waals surface area (Å²) in [4.78, 5) is 22.4. The number of carbonyl (C=O) groups is 1. The normalized spacial score (nSPS) is 15.5. The predicted molar refractivity (Wildman–Crippen MR) is 104 cm³/mol. The fraction of sp³-hybridized carbons (Fsp3) is 0.286. The molecule has 150 valence electrons. The number of nitrogens with zero attached hydrogens (tertiary/aromatic N) is 3. The number of carbonyl (C=O) groups excluding carboxylic acids is 1. The van der Waals surface area contributed by atoms with Gasteiger partial charge in [0, 0.05) is 54.4 Å². The summed E-state index contributed by atoms with van der Waals surface area (Å²) < 4.78 is 38.9. The number of hydrogen-bond donors (Lipinski definition) is 1. The van der Waals surface area contributed by atoms with Gasteiger partial charge in [0.2, 0.25) is 0 Å². The average molecular weight is 400 g/mol. The lowest BCUT2D eigenvalue weighted by Gasteiger charge is -2.34. The number of piperidine rings is 1. The van der Waals surface area contributed by atoms with Crippen molar-refractivity contribution in [2.45, 2.75) is 25.1 Å². The van der Waals surface area contributed by atoms with Crippen molar-refractivity contribution in [3.05, 3.63) is 66.1 Å². The Hall–Kier alpha value is -3.16. The maximum Gasteiger partial charge on any atom is 0.416 e. The number of anilines is 1. The smallest absolute Gasteiger partial charge is 0.371 e. The third kappa shape index (κ3) is 4.16. The van der Waals surface area contributed by atoms with Crippen LogP contribution >= 0.6 is 0 Å². The molecule has 3 heterocycles. The van der Waals surface area contributed by atoms with Crippen molar-refractivity contribution in [2.24, 2.45) is 0 Å². The van der Waals surface area contributed by atoms with Gasteiger partial charge in [0.25, 0.3) is 5.91 Å². The second-order valence-corrected chi connectivity index (χ2v) is 7.03. The van der Waals surface area contributed by atoms with Gasteiger partial charge in [-0.1, -0.05) is 6.07 Å². The van der Waals surface area contributed by atoms with Crippen molar-refractivity contribution in [1.29, 1.82) is 0 Å². The summed E-state index contributed by atoms with van der Waals surface area (Å²) in [5, 5.41) is 3.73. The Balaban J connectivity index is 1.46. The molecule has 0 spiro atoms. The molecule has 0 bridgehead atoms. The predicted octanol–water partition coefficient (Wildman–Crippen LogP) is 4.05. The molecule has 0 radical (unpaired) electrons. The summed E-state index contributed by atoms with van der Waals surface area (Å²) in [6.07, 6.45) is 1.81.